The van der Waals surface area contributed by atoms with E-state index in [0.717, 1.165) is 10.8 Å². The molecular weight excluding hydrogens is 484 g/mol. The number of carbonyl (C=O) groups is 1. The molecule has 3 aromatic carbocycles. The van der Waals surface area contributed by atoms with Gasteiger partial charge in [0.25, 0.3) is 5.91 Å². The zero-order valence-electron chi connectivity index (χ0n) is 17.2. The van der Waals surface area contributed by atoms with Crippen molar-refractivity contribution in [2.45, 2.75) is 6.61 Å². The molecule has 0 aliphatic carbocycles. The second-order valence-corrected chi connectivity index (χ2v) is 8.75. The van der Waals surface area contributed by atoms with E-state index in [4.69, 9.17) is 22.1 Å². The third kappa shape index (κ3) is 4.09. The number of nitrogens with two attached hydrogens (primary N) is 1. The van der Waals surface area contributed by atoms with Gasteiger partial charge in [0, 0.05) is 26.1 Å². The summed E-state index contributed by atoms with van der Waals surface area (Å²) in [5.74, 6) is -1.32. The molecule has 0 saturated heterocycles. The standard InChI is InChI=1S/C23H14ClF2N5O2S/c24-16-9-14(25)4-1-13(16)10-33-18-6-3-11(7-17(18)26)21-20(22(27)32)15-5-2-12(8-19(15)34-21)23-28-30-31-29-23/h1-9H,10H2,(H2,27,32)(H,28,29,30,31). The number of benzene rings is 3. The van der Waals surface area contributed by atoms with Crippen LogP contribution in [0.3, 0.4) is 0 Å². The smallest absolute Gasteiger partial charge is 0.250 e. The molecule has 0 atom stereocenters. The molecule has 0 saturated carbocycles. The fourth-order valence-corrected chi connectivity index (χ4v) is 4.99. The van der Waals surface area contributed by atoms with E-state index >= 15 is 0 Å². The summed E-state index contributed by atoms with van der Waals surface area (Å²) in [7, 11) is 0. The van der Waals surface area contributed by atoms with Crippen molar-refractivity contribution < 1.29 is 18.3 Å². The monoisotopic (exact) mass is 497 g/mol. The molecule has 11 heteroatoms. The molecule has 0 aliphatic heterocycles. The van der Waals surface area contributed by atoms with E-state index in [1.54, 1.807) is 18.2 Å². The van der Waals surface area contributed by atoms with Gasteiger partial charge in [-0.2, -0.15) is 5.21 Å². The number of hydrogen-bond donors (Lipinski definition) is 2. The second kappa shape index (κ2) is 8.81. The molecule has 0 spiro atoms. The van der Waals surface area contributed by atoms with Crippen molar-refractivity contribution in [3.63, 3.8) is 0 Å². The maximum absolute atomic E-state index is 14.9. The molecule has 0 fully saturated rings. The first-order chi connectivity index (χ1) is 16.4. The number of nitrogens with zero attached hydrogens (tertiary/aromatic N) is 3. The number of hydrogen-bond acceptors (Lipinski definition) is 6. The topological polar surface area (TPSA) is 107 Å². The lowest BCUT2D eigenvalue weighted by Gasteiger charge is -2.10. The summed E-state index contributed by atoms with van der Waals surface area (Å²) in [5, 5.41) is 14.7. The van der Waals surface area contributed by atoms with Gasteiger partial charge in [-0.05, 0) is 47.2 Å². The molecule has 0 unspecified atom stereocenters. The van der Waals surface area contributed by atoms with Crippen LogP contribution in [0, 0.1) is 11.6 Å². The van der Waals surface area contributed by atoms with Crippen LogP contribution in [0.2, 0.25) is 5.02 Å². The van der Waals surface area contributed by atoms with E-state index in [1.807, 2.05) is 6.07 Å². The predicted octanol–water partition coefficient (Wildman–Crippen LogP) is 5.36. The Labute approximate surface area is 200 Å². The Kier molecular flexibility index (Phi) is 5.68. The van der Waals surface area contributed by atoms with E-state index in [2.05, 4.69) is 20.6 Å². The number of halogens is 3. The number of fused-ring (bicyclic) bond motifs is 1. The molecule has 7 nitrogen and oxygen atoms in total. The highest BCUT2D eigenvalue weighted by atomic mass is 35.5. The summed E-state index contributed by atoms with van der Waals surface area (Å²) < 4.78 is 34.4. The van der Waals surface area contributed by atoms with Gasteiger partial charge >= 0.3 is 0 Å². The van der Waals surface area contributed by atoms with Gasteiger partial charge in [-0.15, -0.1) is 21.5 Å². The summed E-state index contributed by atoms with van der Waals surface area (Å²) in [6.07, 6.45) is 0. The first-order valence-corrected chi connectivity index (χ1v) is 11.1. The van der Waals surface area contributed by atoms with Crippen molar-refractivity contribution in [2.24, 2.45) is 5.73 Å². The van der Waals surface area contributed by atoms with Gasteiger partial charge in [-0.1, -0.05) is 29.8 Å². The van der Waals surface area contributed by atoms with Crippen molar-refractivity contribution in [1.29, 1.82) is 0 Å². The van der Waals surface area contributed by atoms with Crippen LogP contribution in [-0.4, -0.2) is 26.5 Å². The van der Waals surface area contributed by atoms with Gasteiger partial charge in [0.15, 0.2) is 11.6 Å². The van der Waals surface area contributed by atoms with Crippen LogP contribution >= 0.6 is 22.9 Å². The number of H-pyrrole nitrogens is 1. The van der Waals surface area contributed by atoms with E-state index in [0.29, 0.717) is 38.3 Å². The summed E-state index contributed by atoms with van der Waals surface area (Å²) in [6, 6.07) is 13.6. The Morgan fingerprint density at radius 3 is 2.62 bits per heavy atom. The zero-order chi connectivity index (χ0) is 23.8. The van der Waals surface area contributed by atoms with E-state index in [9.17, 15) is 13.6 Å². The van der Waals surface area contributed by atoms with Crippen molar-refractivity contribution in [3.8, 4) is 27.6 Å². The third-order valence-corrected chi connectivity index (χ3v) is 6.69. The largest absolute Gasteiger partial charge is 0.486 e. The number of primary amides is 1. The van der Waals surface area contributed by atoms with Crippen molar-refractivity contribution >= 4 is 38.9 Å². The maximum Gasteiger partial charge on any atom is 0.250 e. The summed E-state index contributed by atoms with van der Waals surface area (Å²) in [5.41, 5.74) is 7.67. The van der Waals surface area contributed by atoms with E-state index in [-0.39, 0.29) is 17.4 Å². The minimum atomic E-state index is -0.629. The highest BCUT2D eigenvalue weighted by Crippen LogP contribution is 2.40. The van der Waals surface area contributed by atoms with E-state index in [1.165, 1.54) is 35.6 Å². The van der Waals surface area contributed by atoms with Crippen LogP contribution in [0.15, 0.2) is 54.6 Å². The molecule has 1 amide bonds. The average Bonchev–Trinajstić information content (AvgIpc) is 3.47. The maximum atomic E-state index is 14.9. The molecule has 3 N–H and O–H groups in total. The van der Waals surface area contributed by atoms with Crippen LogP contribution in [0.1, 0.15) is 15.9 Å². The first-order valence-electron chi connectivity index (χ1n) is 9.87. The van der Waals surface area contributed by atoms with Crippen molar-refractivity contribution in [3.05, 3.63) is 82.4 Å². The quantitative estimate of drug-likeness (QED) is 0.328. The minimum absolute atomic E-state index is 0.00901. The highest BCUT2D eigenvalue weighted by molar-refractivity contribution is 7.22. The number of thiophene rings is 1. The summed E-state index contributed by atoms with van der Waals surface area (Å²) in [4.78, 5) is 12.8. The number of tetrazole rings is 1. The van der Waals surface area contributed by atoms with Crippen LogP contribution < -0.4 is 10.5 Å². The molecule has 2 aromatic heterocycles. The van der Waals surface area contributed by atoms with Crippen LogP contribution in [-0.2, 0) is 6.61 Å². The molecule has 0 bridgehead atoms. The van der Waals surface area contributed by atoms with E-state index < -0.39 is 17.5 Å². The number of ether oxygens (including phenoxy) is 1. The Bertz CT molecular complexity index is 1540. The highest BCUT2D eigenvalue weighted by Gasteiger charge is 2.20. The third-order valence-electron chi connectivity index (χ3n) is 5.13. The summed E-state index contributed by atoms with van der Waals surface area (Å²) >= 11 is 7.30. The normalized spacial score (nSPS) is 11.1. The molecule has 0 aliphatic rings. The Morgan fingerprint density at radius 1 is 1.09 bits per heavy atom. The minimum Gasteiger partial charge on any atom is -0.486 e. The molecule has 5 rings (SSSR count). The Balaban J connectivity index is 1.48. The Morgan fingerprint density at radius 2 is 1.91 bits per heavy atom. The number of rotatable bonds is 6. The molecular formula is C23H14ClF2N5O2S. The molecule has 0 radical (unpaired) electrons. The van der Waals surface area contributed by atoms with Gasteiger partial charge < -0.3 is 10.5 Å². The average molecular weight is 498 g/mol. The second-order valence-electron chi connectivity index (χ2n) is 7.29. The molecule has 34 heavy (non-hydrogen) atoms. The van der Waals surface area contributed by atoms with Crippen LogP contribution in [0.5, 0.6) is 5.75 Å². The van der Waals surface area contributed by atoms with Crippen molar-refractivity contribution in [1.82, 2.24) is 20.6 Å². The number of aromatic amines is 1. The number of nitrogens with one attached hydrogen (secondary N) is 1. The van der Waals surface area contributed by atoms with Crippen LogP contribution in [0.4, 0.5) is 8.78 Å². The van der Waals surface area contributed by atoms with Crippen LogP contribution in [0.25, 0.3) is 31.9 Å². The van der Waals surface area contributed by atoms with Gasteiger partial charge in [0.05, 0.1) is 10.6 Å². The number of carbonyl (C=O) groups excluding carboxylic acids is 1. The fourth-order valence-electron chi connectivity index (χ4n) is 3.52. The van der Waals surface area contributed by atoms with Gasteiger partial charge in [0.1, 0.15) is 12.4 Å². The number of aromatic nitrogens is 4. The summed E-state index contributed by atoms with van der Waals surface area (Å²) in [6.45, 7) is -0.0380. The lowest BCUT2D eigenvalue weighted by molar-refractivity contribution is 0.100. The molecule has 170 valence electrons. The fraction of sp³-hybridized carbons (Fsp3) is 0.0435. The van der Waals surface area contributed by atoms with Crippen molar-refractivity contribution in [2.75, 3.05) is 0 Å². The number of amides is 1. The Hall–Kier alpha value is -3.89. The van der Waals surface area contributed by atoms with Gasteiger partial charge in [0.2, 0.25) is 5.82 Å². The predicted molar refractivity (Wildman–Crippen MR) is 125 cm³/mol. The first kappa shape index (κ1) is 21.9. The molecule has 5 aromatic rings. The van der Waals surface area contributed by atoms with Gasteiger partial charge in [-0.3, -0.25) is 4.79 Å². The SMILES string of the molecule is NC(=O)c1c(-c2ccc(OCc3ccc(F)cc3Cl)c(F)c2)sc2cc(-c3nn[nH]n3)ccc12. The van der Waals surface area contributed by atoms with Gasteiger partial charge in [-0.25, -0.2) is 8.78 Å². The zero-order valence-corrected chi connectivity index (χ0v) is 18.8. The lowest BCUT2D eigenvalue weighted by atomic mass is 10.0. The molecule has 2 heterocycles. The lowest BCUT2D eigenvalue weighted by Crippen LogP contribution is -2.11.